The number of nitrogens with zero attached hydrogens (tertiary/aromatic N) is 3. The zero-order chi connectivity index (χ0) is 11.8. The second kappa shape index (κ2) is 3.47. The van der Waals surface area contributed by atoms with Crippen molar-refractivity contribution in [3.05, 3.63) is 23.9 Å². The highest BCUT2D eigenvalue weighted by atomic mass is 19.4. The molecule has 16 heavy (non-hydrogen) atoms. The lowest BCUT2D eigenvalue weighted by molar-refractivity contribution is -0.137. The molecule has 84 valence electrons. The van der Waals surface area contributed by atoms with Gasteiger partial charge in [-0.2, -0.15) is 18.2 Å². The molecule has 0 bridgehead atoms. The molecule has 0 spiro atoms. The van der Waals surface area contributed by atoms with Crippen LogP contribution in [0.25, 0.3) is 11.5 Å². The number of pyridine rings is 1. The Labute approximate surface area is 87.5 Å². The smallest absolute Gasteiger partial charge is 0.366 e. The van der Waals surface area contributed by atoms with Crippen molar-refractivity contribution in [1.29, 1.82) is 0 Å². The average molecular weight is 229 g/mol. The molecule has 0 aliphatic heterocycles. The molecule has 2 heterocycles. The summed E-state index contributed by atoms with van der Waals surface area (Å²) < 4.78 is 36.7. The van der Waals surface area contributed by atoms with Gasteiger partial charge in [-0.3, -0.25) is 10.1 Å². The normalized spacial score (nSPS) is 11.7. The Morgan fingerprint density at radius 2 is 2.00 bits per heavy atom. The predicted octanol–water partition coefficient (Wildman–Crippen LogP) is 1.47. The Bertz CT molecular complexity index is 487. The number of aromatic amines is 1. The summed E-state index contributed by atoms with van der Waals surface area (Å²) in [7, 11) is 0. The second-order valence-electron chi connectivity index (χ2n) is 2.97. The van der Waals surface area contributed by atoms with Crippen LogP contribution < -0.4 is 5.73 Å². The molecule has 0 amide bonds. The minimum absolute atomic E-state index is 0.0108. The zero-order valence-corrected chi connectivity index (χ0v) is 7.78. The number of H-pyrrole nitrogens is 1. The van der Waals surface area contributed by atoms with Crippen molar-refractivity contribution >= 4 is 5.95 Å². The monoisotopic (exact) mass is 229 g/mol. The second-order valence-corrected chi connectivity index (χ2v) is 2.97. The quantitative estimate of drug-likeness (QED) is 0.775. The molecule has 3 N–H and O–H groups in total. The molecule has 0 aromatic carbocycles. The van der Waals surface area contributed by atoms with E-state index in [1.807, 2.05) is 0 Å². The highest BCUT2D eigenvalue weighted by molar-refractivity contribution is 5.50. The Balaban J connectivity index is 2.33. The van der Waals surface area contributed by atoms with E-state index in [1.165, 1.54) is 6.07 Å². The van der Waals surface area contributed by atoms with Crippen LogP contribution in [0.2, 0.25) is 0 Å². The Hall–Kier alpha value is -2.12. The van der Waals surface area contributed by atoms with Crippen LogP contribution in [0.1, 0.15) is 5.56 Å². The first-order valence-electron chi connectivity index (χ1n) is 4.18. The van der Waals surface area contributed by atoms with Gasteiger partial charge in [0, 0.05) is 6.20 Å². The van der Waals surface area contributed by atoms with Crippen molar-refractivity contribution in [2.24, 2.45) is 0 Å². The van der Waals surface area contributed by atoms with Crippen molar-refractivity contribution in [1.82, 2.24) is 20.2 Å². The van der Waals surface area contributed by atoms with Crippen LogP contribution in [0.5, 0.6) is 0 Å². The van der Waals surface area contributed by atoms with Crippen molar-refractivity contribution in [3.63, 3.8) is 0 Å². The fraction of sp³-hybridized carbons (Fsp3) is 0.125. The number of nitrogens with one attached hydrogen (secondary N) is 1. The van der Waals surface area contributed by atoms with Crippen LogP contribution in [-0.4, -0.2) is 20.2 Å². The number of rotatable bonds is 1. The van der Waals surface area contributed by atoms with E-state index in [0.717, 1.165) is 12.3 Å². The van der Waals surface area contributed by atoms with Crippen LogP contribution >= 0.6 is 0 Å². The summed E-state index contributed by atoms with van der Waals surface area (Å²) in [5.41, 5.74) is 4.69. The van der Waals surface area contributed by atoms with Gasteiger partial charge in [0.1, 0.15) is 5.69 Å². The van der Waals surface area contributed by atoms with Crippen molar-refractivity contribution in [2.45, 2.75) is 6.18 Å². The average Bonchev–Trinajstić information content (AvgIpc) is 2.64. The third-order valence-electron chi connectivity index (χ3n) is 1.84. The van der Waals surface area contributed by atoms with Crippen molar-refractivity contribution < 1.29 is 13.2 Å². The number of hydrogen-bond acceptors (Lipinski definition) is 4. The standard InChI is InChI=1S/C8H6F3N5/c9-8(10,11)4-1-2-5(13-3-4)6-14-7(12)16-15-6/h1-3H,(H3,12,14,15,16). The minimum Gasteiger partial charge on any atom is -0.366 e. The molecule has 0 radical (unpaired) electrons. The molecule has 0 unspecified atom stereocenters. The molecule has 2 rings (SSSR count). The topological polar surface area (TPSA) is 80.5 Å². The van der Waals surface area contributed by atoms with Gasteiger partial charge in [-0.15, -0.1) is 5.10 Å². The fourth-order valence-corrected chi connectivity index (χ4v) is 1.09. The first-order valence-corrected chi connectivity index (χ1v) is 4.18. The van der Waals surface area contributed by atoms with Gasteiger partial charge < -0.3 is 5.73 Å². The third kappa shape index (κ3) is 1.95. The summed E-state index contributed by atoms with van der Waals surface area (Å²) in [6.45, 7) is 0. The number of anilines is 1. The summed E-state index contributed by atoms with van der Waals surface area (Å²) in [5.74, 6) is 0.239. The lowest BCUT2D eigenvalue weighted by Gasteiger charge is -2.05. The minimum atomic E-state index is -4.40. The van der Waals surface area contributed by atoms with Gasteiger partial charge in [0.05, 0.1) is 5.56 Å². The lowest BCUT2D eigenvalue weighted by atomic mass is 10.2. The number of halogens is 3. The maximum atomic E-state index is 12.2. The number of nitrogens with two attached hydrogens (primary N) is 1. The third-order valence-corrected chi connectivity index (χ3v) is 1.84. The summed E-state index contributed by atoms with van der Waals surface area (Å²) in [6.07, 6.45) is -3.67. The lowest BCUT2D eigenvalue weighted by Crippen LogP contribution is -2.05. The highest BCUT2D eigenvalue weighted by Gasteiger charge is 2.30. The van der Waals surface area contributed by atoms with E-state index in [-0.39, 0.29) is 17.5 Å². The van der Waals surface area contributed by atoms with Crippen LogP contribution in [0.15, 0.2) is 18.3 Å². The number of alkyl halides is 3. The first-order chi connectivity index (χ1) is 7.47. The number of nitrogen functional groups attached to an aromatic ring is 1. The van der Waals surface area contributed by atoms with E-state index >= 15 is 0 Å². The SMILES string of the molecule is Nc1n[nH]c(-c2ccc(C(F)(F)F)cn2)n1. The zero-order valence-electron chi connectivity index (χ0n) is 7.78. The van der Waals surface area contributed by atoms with E-state index in [2.05, 4.69) is 20.2 Å². The van der Waals surface area contributed by atoms with Gasteiger partial charge in [0.15, 0.2) is 5.82 Å². The van der Waals surface area contributed by atoms with Crippen molar-refractivity contribution in [3.8, 4) is 11.5 Å². The molecule has 0 saturated carbocycles. The predicted molar refractivity (Wildman–Crippen MR) is 49.0 cm³/mol. The van der Waals surface area contributed by atoms with Crippen LogP contribution in [0.3, 0.4) is 0 Å². The fourth-order valence-electron chi connectivity index (χ4n) is 1.09. The number of hydrogen-bond donors (Lipinski definition) is 2. The van der Waals surface area contributed by atoms with Gasteiger partial charge >= 0.3 is 6.18 Å². The van der Waals surface area contributed by atoms with E-state index < -0.39 is 11.7 Å². The molecule has 0 saturated heterocycles. The molecule has 5 nitrogen and oxygen atoms in total. The summed E-state index contributed by atoms with van der Waals surface area (Å²) in [6, 6.07) is 2.11. The van der Waals surface area contributed by atoms with E-state index in [9.17, 15) is 13.2 Å². The van der Waals surface area contributed by atoms with E-state index in [0.29, 0.717) is 0 Å². The van der Waals surface area contributed by atoms with Gasteiger partial charge in [-0.05, 0) is 12.1 Å². The molecular weight excluding hydrogens is 223 g/mol. The van der Waals surface area contributed by atoms with Gasteiger partial charge in [-0.1, -0.05) is 0 Å². The molecule has 0 aliphatic rings. The summed E-state index contributed by atoms with van der Waals surface area (Å²) in [4.78, 5) is 7.36. The highest BCUT2D eigenvalue weighted by Crippen LogP contribution is 2.29. The summed E-state index contributed by atoms with van der Waals surface area (Å²) in [5, 5.41) is 5.99. The van der Waals surface area contributed by atoms with Gasteiger partial charge in [0.2, 0.25) is 5.95 Å². The molecular formula is C8H6F3N5. The Kier molecular flexibility index (Phi) is 2.26. The van der Waals surface area contributed by atoms with Crippen LogP contribution in [0.4, 0.5) is 19.1 Å². The Morgan fingerprint density at radius 1 is 1.25 bits per heavy atom. The largest absolute Gasteiger partial charge is 0.417 e. The van der Waals surface area contributed by atoms with E-state index in [1.54, 1.807) is 0 Å². The maximum Gasteiger partial charge on any atom is 0.417 e. The van der Waals surface area contributed by atoms with Crippen molar-refractivity contribution in [2.75, 3.05) is 5.73 Å². The molecule has 0 atom stereocenters. The molecule has 0 aliphatic carbocycles. The van der Waals surface area contributed by atoms with Gasteiger partial charge in [0.25, 0.3) is 0 Å². The molecule has 2 aromatic heterocycles. The molecule has 2 aromatic rings. The van der Waals surface area contributed by atoms with E-state index in [4.69, 9.17) is 5.73 Å². The van der Waals surface area contributed by atoms with Gasteiger partial charge in [-0.25, -0.2) is 0 Å². The van der Waals surface area contributed by atoms with Crippen LogP contribution in [-0.2, 0) is 6.18 Å². The summed E-state index contributed by atoms with van der Waals surface area (Å²) >= 11 is 0. The Morgan fingerprint density at radius 3 is 2.44 bits per heavy atom. The molecule has 0 fully saturated rings. The molecule has 8 heteroatoms. The first kappa shape index (κ1) is 10.4. The van der Waals surface area contributed by atoms with Crippen LogP contribution in [0, 0.1) is 0 Å². The maximum absolute atomic E-state index is 12.2. The number of aromatic nitrogens is 4.